The van der Waals surface area contributed by atoms with Gasteiger partial charge in [0.05, 0.1) is 28.0 Å². The third-order valence-corrected chi connectivity index (χ3v) is 7.54. The summed E-state index contributed by atoms with van der Waals surface area (Å²) in [6.07, 6.45) is 5.22. The number of nitrogens with one attached hydrogen (secondary N) is 1. The van der Waals surface area contributed by atoms with E-state index in [2.05, 4.69) is 10.3 Å². The molecular formula is C22H23Cl3N4O4S. The van der Waals surface area contributed by atoms with E-state index in [1.54, 1.807) is 25.5 Å². The van der Waals surface area contributed by atoms with Gasteiger partial charge in [-0.05, 0) is 55.8 Å². The summed E-state index contributed by atoms with van der Waals surface area (Å²) in [7, 11) is -4.09. The Morgan fingerprint density at radius 1 is 1.15 bits per heavy atom. The molecule has 1 N–H and O–H groups in total. The summed E-state index contributed by atoms with van der Waals surface area (Å²) in [6.45, 7) is 2.47. The molecule has 0 saturated carbocycles. The Morgan fingerprint density at radius 2 is 1.85 bits per heavy atom. The van der Waals surface area contributed by atoms with Crippen molar-refractivity contribution in [2.45, 2.75) is 30.8 Å². The van der Waals surface area contributed by atoms with Crippen LogP contribution in [0.5, 0.6) is 0 Å². The highest BCUT2D eigenvalue weighted by Gasteiger charge is 2.32. The first-order valence-corrected chi connectivity index (χ1v) is 12.9. The molecule has 1 amide bonds. The van der Waals surface area contributed by atoms with E-state index < -0.39 is 22.2 Å². The zero-order chi connectivity index (χ0) is 24.7. The number of sulfonamides is 1. The number of carbonyl (C=O) groups is 1. The molecule has 1 heterocycles. The van der Waals surface area contributed by atoms with Gasteiger partial charge in [-0.3, -0.25) is 4.31 Å². The molecule has 1 unspecified atom stereocenters. The predicted octanol–water partition coefficient (Wildman–Crippen LogP) is 5.24. The van der Waals surface area contributed by atoms with Crippen molar-refractivity contribution in [1.29, 1.82) is 0 Å². The summed E-state index contributed by atoms with van der Waals surface area (Å²) in [4.78, 5) is 16.1. The maximum atomic E-state index is 13.5. The molecule has 8 nitrogen and oxygen atoms in total. The van der Waals surface area contributed by atoms with E-state index in [0.717, 1.165) is 4.31 Å². The molecule has 34 heavy (non-hydrogen) atoms. The first kappa shape index (κ1) is 26.2. The number of carbonyl (C=O) groups excluding carboxylic acids is 1. The Kier molecular flexibility index (Phi) is 9.07. The van der Waals surface area contributed by atoms with E-state index in [1.165, 1.54) is 36.4 Å². The quantitative estimate of drug-likeness (QED) is 0.352. The van der Waals surface area contributed by atoms with Crippen molar-refractivity contribution in [3.63, 3.8) is 0 Å². The van der Waals surface area contributed by atoms with Crippen LogP contribution in [0.1, 0.15) is 13.3 Å². The molecule has 0 saturated heterocycles. The highest BCUT2D eigenvalue weighted by Crippen LogP contribution is 2.34. The number of imidazole rings is 1. The SMILES string of the molecule is CC(COC(=O)NCCCn1ccnc1)N(c1cc(Cl)ccc1Cl)S(=O)(=O)c1ccc(Cl)cc1. The van der Waals surface area contributed by atoms with Crippen molar-refractivity contribution in [3.05, 3.63) is 76.3 Å². The number of hydrogen-bond acceptors (Lipinski definition) is 5. The van der Waals surface area contributed by atoms with Crippen molar-refractivity contribution < 1.29 is 17.9 Å². The van der Waals surface area contributed by atoms with Gasteiger partial charge in [0.15, 0.2) is 0 Å². The number of benzene rings is 2. The highest BCUT2D eigenvalue weighted by atomic mass is 35.5. The predicted molar refractivity (Wildman–Crippen MR) is 133 cm³/mol. The Balaban J connectivity index is 1.72. The molecule has 0 spiro atoms. The molecule has 0 bridgehead atoms. The van der Waals surface area contributed by atoms with Gasteiger partial charge in [0, 0.05) is 35.5 Å². The number of rotatable bonds is 10. The smallest absolute Gasteiger partial charge is 0.407 e. The van der Waals surface area contributed by atoms with E-state index >= 15 is 0 Å². The van der Waals surface area contributed by atoms with Gasteiger partial charge in [-0.25, -0.2) is 18.2 Å². The Morgan fingerprint density at radius 3 is 2.53 bits per heavy atom. The Hall–Kier alpha value is -2.46. The summed E-state index contributed by atoms with van der Waals surface area (Å²) in [5.74, 6) is 0. The highest BCUT2D eigenvalue weighted by molar-refractivity contribution is 7.92. The number of ether oxygens (including phenoxy) is 1. The number of halogens is 3. The van der Waals surface area contributed by atoms with Crippen molar-refractivity contribution >= 4 is 56.6 Å². The van der Waals surface area contributed by atoms with E-state index in [9.17, 15) is 13.2 Å². The number of amides is 1. The molecule has 0 aliphatic rings. The van der Waals surface area contributed by atoms with E-state index in [4.69, 9.17) is 39.5 Å². The third-order valence-electron chi connectivity index (χ3n) is 4.79. The lowest BCUT2D eigenvalue weighted by molar-refractivity contribution is 0.141. The molecule has 3 aromatic rings. The normalized spacial score (nSPS) is 12.2. The molecule has 2 aromatic carbocycles. The maximum Gasteiger partial charge on any atom is 0.407 e. The molecular weight excluding hydrogens is 523 g/mol. The number of nitrogens with zero attached hydrogens (tertiary/aromatic N) is 3. The van der Waals surface area contributed by atoms with Gasteiger partial charge in [0.25, 0.3) is 10.0 Å². The molecule has 0 aliphatic carbocycles. The van der Waals surface area contributed by atoms with Crippen LogP contribution in [0.2, 0.25) is 15.1 Å². The third kappa shape index (κ3) is 6.79. The number of hydrogen-bond donors (Lipinski definition) is 1. The van der Waals surface area contributed by atoms with Gasteiger partial charge in [-0.2, -0.15) is 0 Å². The van der Waals surface area contributed by atoms with Gasteiger partial charge >= 0.3 is 6.09 Å². The monoisotopic (exact) mass is 544 g/mol. The standard InChI is InChI=1S/C22H23Cl3N4O4S/c1-16(14-33-22(30)27-9-2-11-28-12-10-26-15-28)29(21-13-18(24)5-8-20(21)25)34(31,32)19-6-3-17(23)4-7-19/h3-8,10,12-13,15-16H,2,9,11,14H2,1H3,(H,27,30). The molecule has 0 aliphatic heterocycles. The minimum atomic E-state index is -4.09. The van der Waals surface area contributed by atoms with Crippen molar-refractivity contribution in [2.75, 3.05) is 17.5 Å². The second kappa shape index (κ2) is 11.8. The lowest BCUT2D eigenvalue weighted by Crippen LogP contribution is -2.42. The zero-order valence-electron chi connectivity index (χ0n) is 18.2. The maximum absolute atomic E-state index is 13.5. The van der Waals surface area contributed by atoms with Crippen LogP contribution in [0, 0.1) is 0 Å². The van der Waals surface area contributed by atoms with Crippen LogP contribution < -0.4 is 9.62 Å². The van der Waals surface area contributed by atoms with Crippen molar-refractivity contribution in [2.24, 2.45) is 0 Å². The average Bonchev–Trinajstić information content (AvgIpc) is 3.31. The van der Waals surface area contributed by atoms with Crippen LogP contribution in [0.4, 0.5) is 10.5 Å². The zero-order valence-corrected chi connectivity index (χ0v) is 21.3. The van der Waals surface area contributed by atoms with Gasteiger partial charge < -0.3 is 14.6 Å². The van der Waals surface area contributed by atoms with E-state index in [-0.39, 0.29) is 22.2 Å². The summed E-state index contributed by atoms with van der Waals surface area (Å²) >= 11 is 18.4. The molecule has 0 fully saturated rings. The molecule has 3 rings (SSSR count). The van der Waals surface area contributed by atoms with Gasteiger partial charge in [-0.15, -0.1) is 0 Å². The molecule has 1 aromatic heterocycles. The fourth-order valence-corrected chi connectivity index (χ4v) is 5.37. The first-order valence-electron chi connectivity index (χ1n) is 10.3. The van der Waals surface area contributed by atoms with Gasteiger partial charge in [0.1, 0.15) is 6.61 Å². The molecule has 0 radical (unpaired) electrons. The summed E-state index contributed by atoms with van der Waals surface area (Å²) in [5.41, 5.74) is 0.168. The summed E-state index contributed by atoms with van der Waals surface area (Å²) in [5, 5.41) is 3.53. The fourth-order valence-electron chi connectivity index (χ4n) is 3.16. The van der Waals surface area contributed by atoms with Crippen LogP contribution in [0.3, 0.4) is 0 Å². The Bertz CT molecular complexity index is 1210. The largest absolute Gasteiger partial charge is 0.447 e. The van der Waals surface area contributed by atoms with Crippen molar-refractivity contribution in [1.82, 2.24) is 14.9 Å². The van der Waals surface area contributed by atoms with Crippen LogP contribution in [0.25, 0.3) is 0 Å². The molecule has 1 atom stereocenters. The second-order valence-corrected chi connectivity index (χ2v) is 10.5. The lowest BCUT2D eigenvalue weighted by Gasteiger charge is -2.31. The lowest BCUT2D eigenvalue weighted by atomic mass is 10.2. The number of aromatic nitrogens is 2. The van der Waals surface area contributed by atoms with E-state index in [1.807, 2.05) is 10.8 Å². The van der Waals surface area contributed by atoms with Gasteiger partial charge in [-0.1, -0.05) is 34.8 Å². The van der Waals surface area contributed by atoms with Crippen LogP contribution in [-0.2, 0) is 21.3 Å². The minimum Gasteiger partial charge on any atom is -0.447 e. The van der Waals surface area contributed by atoms with Crippen LogP contribution in [0.15, 0.2) is 66.1 Å². The van der Waals surface area contributed by atoms with Crippen LogP contribution in [-0.4, -0.2) is 43.3 Å². The minimum absolute atomic E-state index is 0.00347. The van der Waals surface area contributed by atoms with Crippen LogP contribution >= 0.6 is 34.8 Å². The molecule has 12 heteroatoms. The summed E-state index contributed by atoms with van der Waals surface area (Å²) in [6, 6.07) is 9.45. The first-order chi connectivity index (χ1) is 16.2. The topological polar surface area (TPSA) is 93.5 Å². The summed E-state index contributed by atoms with van der Waals surface area (Å²) < 4.78 is 35.3. The second-order valence-electron chi connectivity index (χ2n) is 7.38. The van der Waals surface area contributed by atoms with Gasteiger partial charge in [0.2, 0.25) is 0 Å². The van der Waals surface area contributed by atoms with Crippen molar-refractivity contribution in [3.8, 4) is 0 Å². The van der Waals surface area contributed by atoms with E-state index in [0.29, 0.717) is 29.6 Å². The number of aryl methyl sites for hydroxylation is 1. The Labute approximate surface area is 213 Å². The fraction of sp³-hybridized carbons (Fsp3) is 0.273. The number of alkyl carbamates (subject to hydrolysis) is 1. The number of anilines is 1. The average molecular weight is 546 g/mol. The molecule has 182 valence electrons.